The van der Waals surface area contributed by atoms with Crippen molar-refractivity contribution in [3.63, 3.8) is 0 Å². The Balaban J connectivity index is 1.67. The summed E-state index contributed by atoms with van der Waals surface area (Å²) in [5, 5.41) is 30.5. The van der Waals surface area contributed by atoms with Crippen LogP contribution >= 0.6 is 0 Å². The lowest BCUT2D eigenvalue weighted by Crippen LogP contribution is -2.59. The van der Waals surface area contributed by atoms with Gasteiger partial charge in [-0.1, -0.05) is 54.6 Å². The van der Waals surface area contributed by atoms with Gasteiger partial charge in [0, 0.05) is 12.1 Å². The first-order valence-corrected chi connectivity index (χ1v) is 13.9. The van der Waals surface area contributed by atoms with Gasteiger partial charge >= 0.3 is 0 Å². The first-order valence-electron chi connectivity index (χ1n) is 12.3. The van der Waals surface area contributed by atoms with Gasteiger partial charge in [-0.05, 0) is 30.4 Å². The predicted octanol–water partition coefficient (Wildman–Crippen LogP) is -1.09. The van der Waals surface area contributed by atoms with Crippen molar-refractivity contribution >= 4 is 33.6 Å². The van der Waals surface area contributed by atoms with Crippen molar-refractivity contribution in [1.29, 1.82) is 10.8 Å². The Hall–Kier alpha value is -4.01. The molecule has 2 aromatic carbocycles. The van der Waals surface area contributed by atoms with E-state index in [-0.39, 0.29) is 24.0 Å². The molecule has 39 heavy (non-hydrogen) atoms. The molecule has 0 saturated carbocycles. The quantitative estimate of drug-likeness (QED) is 0.124. The maximum absolute atomic E-state index is 13.1. The minimum absolute atomic E-state index is 0.0193. The lowest BCUT2D eigenvalue weighted by Gasteiger charge is -2.38. The monoisotopic (exact) mass is 558 g/mol. The second-order valence-corrected chi connectivity index (χ2v) is 11.0. The SMILES string of the molecule is N=C(N)c1ccc(C[C@@H](NS(=O)(=O)Cc2ccccc2)C(=O)NCC(=O)NC2CCCN(C(=N)N)C2O)cc1. The summed E-state index contributed by atoms with van der Waals surface area (Å²) >= 11 is 0. The summed E-state index contributed by atoms with van der Waals surface area (Å²) in [6.45, 7) is -0.0693. The maximum Gasteiger partial charge on any atom is 0.239 e. The van der Waals surface area contributed by atoms with E-state index in [4.69, 9.17) is 22.3 Å². The van der Waals surface area contributed by atoms with Crippen LogP contribution in [0.5, 0.6) is 0 Å². The summed E-state index contributed by atoms with van der Waals surface area (Å²) in [7, 11) is -3.94. The third kappa shape index (κ3) is 8.77. The van der Waals surface area contributed by atoms with Gasteiger partial charge in [0.25, 0.3) is 0 Å². The Morgan fingerprint density at radius 1 is 1.05 bits per heavy atom. The zero-order chi connectivity index (χ0) is 28.6. The van der Waals surface area contributed by atoms with E-state index in [1.54, 1.807) is 54.6 Å². The number of hydrogen-bond donors (Lipinski definition) is 8. The standard InChI is InChI=1S/C25H34N8O5S/c26-22(27)18-10-8-16(9-11-18)13-20(32-39(37,38)15-17-5-2-1-3-6-17)23(35)30-14-21(34)31-19-7-4-12-33(24(19)36)25(28)29/h1-3,5-6,8-11,19-20,24,32,36H,4,7,12-15H2,(H3,26,27)(H3,28,29)(H,30,35)(H,31,34)/t19?,20-,24?/m1/s1. The minimum Gasteiger partial charge on any atom is -0.384 e. The average molecular weight is 559 g/mol. The van der Waals surface area contributed by atoms with Crippen molar-refractivity contribution in [3.05, 3.63) is 71.3 Å². The average Bonchev–Trinajstić information content (AvgIpc) is 2.88. The smallest absolute Gasteiger partial charge is 0.239 e. The highest BCUT2D eigenvalue weighted by molar-refractivity contribution is 7.88. The molecule has 3 atom stereocenters. The van der Waals surface area contributed by atoms with Gasteiger partial charge in [0.1, 0.15) is 18.1 Å². The van der Waals surface area contributed by atoms with Crippen LogP contribution in [0.25, 0.3) is 0 Å². The topological polar surface area (TPSA) is 228 Å². The molecule has 1 fully saturated rings. The highest BCUT2D eigenvalue weighted by atomic mass is 32.2. The summed E-state index contributed by atoms with van der Waals surface area (Å²) in [6.07, 6.45) is -0.134. The number of amidine groups is 1. The molecule has 2 aromatic rings. The predicted molar refractivity (Wildman–Crippen MR) is 146 cm³/mol. The number of rotatable bonds is 11. The van der Waals surface area contributed by atoms with Gasteiger partial charge in [0.15, 0.2) is 5.96 Å². The number of benzene rings is 2. The van der Waals surface area contributed by atoms with E-state index in [9.17, 15) is 23.1 Å². The zero-order valence-corrected chi connectivity index (χ0v) is 22.1. The van der Waals surface area contributed by atoms with Crippen LogP contribution in [0, 0.1) is 10.8 Å². The molecule has 1 heterocycles. The molecule has 0 spiro atoms. The molecule has 2 amide bonds. The molecule has 1 saturated heterocycles. The number of nitrogens with one attached hydrogen (secondary N) is 5. The summed E-state index contributed by atoms with van der Waals surface area (Å²) in [4.78, 5) is 26.9. The van der Waals surface area contributed by atoms with Crippen LogP contribution in [-0.4, -0.2) is 73.4 Å². The fourth-order valence-electron chi connectivity index (χ4n) is 4.23. The van der Waals surface area contributed by atoms with Gasteiger partial charge in [0.2, 0.25) is 21.8 Å². The number of nitrogen functional groups attached to an aromatic ring is 1. The third-order valence-electron chi connectivity index (χ3n) is 6.21. The number of aliphatic hydroxyl groups excluding tert-OH is 1. The Morgan fingerprint density at radius 3 is 2.33 bits per heavy atom. The van der Waals surface area contributed by atoms with Crippen molar-refractivity contribution in [1.82, 2.24) is 20.3 Å². The highest BCUT2D eigenvalue weighted by Gasteiger charge is 2.32. The molecular formula is C25H34N8O5S. The van der Waals surface area contributed by atoms with Crippen LogP contribution in [0.15, 0.2) is 54.6 Å². The van der Waals surface area contributed by atoms with Gasteiger partial charge < -0.3 is 32.1 Å². The number of nitrogens with zero attached hydrogens (tertiary/aromatic N) is 1. The van der Waals surface area contributed by atoms with Crippen LogP contribution in [-0.2, 0) is 31.8 Å². The Kier molecular flexibility index (Phi) is 9.98. The lowest BCUT2D eigenvalue weighted by atomic mass is 10.0. The van der Waals surface area contributed by atoms with Gasteiger partial charge in [-0.15, -0.1) is 0 Å². The largest absolute Gasteiger partial charge is 0.384 e. The van der Waals surface area contributed by atoms with Crippen molar-refractivity contribution in [3.8, 4) is 0 Å². The van der Waals surface area contributed by atoms with Crippen molar-refractivity contribution < 1.29 is 23.1 Å². The van der Waals surface area contributed by atoms with Gasteiger partial charge in [-0.3, -0.25) is 20.4 Å². The zero-order valence-electron chi connectivity index (χ0n) is 21.3. The number of carbonyl (C=O) groups is 2. The fraction of sp³-hybridized carbons (Fsp3) is 0.360. The first-order chi connectivity index (χ1) is 18.4. The second kappa shape index (κ2) is 13.2. The molecule has 1 aliphatic heterocycles. The normalized spacial score (nSPS) is 18.1. The first kappa shape index (κ1) is 29.5. The van der Waals surface area contributed by atoms with E-state index in [0.717, 1.165) is 0 Å². The molecule has 1 aliphatic rings. The Morgan fingerprint density at radius 2 is 1.72 bits per heavy atom. The van der Waals surface area contributed by atoms with Crippen LogP contribution in [0.2, 0.25) is 0 Å². The molecule has 0 aliphatic carbocycles. The van der Waals surface area contributed by atoms with Crippen LogP contribution in [0.1, 0.15) is 29.5 Å². The third-order valence-corrected chi connectivity index (χ3v) is 7.57. The van der Waals surface area contributed by atoms with Crippen molar-refractivity contribution in [2.24, 2.45) is 11.5 Å². The molecule has 14 heteroatoms. The van der Waals surface area contributed by atoms with E-state index in [1.165, 1.54) is 4.90 Å². The van der Waals surface area contributed by atoms with Crippen LogP contribution < -0.4 is 26.8 Å². The summed E-state index contributed by atoms with van der Waals surface area (Å²) in [6, 6.07) is 13.1. The number of guanidine groups is 1. The number of nitrogens with two attached hydrogens (primary N) is 2. The Bertz CT molecular complexity index is 1290. The molecule has 3 rings (SSSR count). The van der Waals surface area contributed by atoms with E-state index in [1.807, 2.05) is 0 Å². The van der Waals surface area contributed by atoms with E-state index < -0.39 is 46.7 Å². The van der Waals surface area contributed by atoms with Gasteiger partial charge in [-0.2, -0.15) is 0 Å². The number of aliphatic hydroxyl groups is 1. The van der Waals surface area contributed by atoms with Crippen molar-refractivity contribution in [2.75, 3.05) is 13.1 Å². The summed E-state index contributed by atoms with van der Waals surface area (Å²) in [5.41, 5.74) is 12.6. The fourth-order valence-corrected chi connectivity index (χ4v) is 5.57. The highest BCUT2D eigenvalue weighted by Crippen LogP contribution is 2.15. The number of sulfonamides is 1. The number of amides is 2. The van der Waals surface area contributed by atoms with Gasteiger partial charge in [-0.25, -0.2) is 13.1 Å². The molecule has 0 radical (unpaired) electrons. The molecule has 0 aromatic heterocycles. The van der Waals surface area contributed by atoms with E-state index in [0.29, 0.717) is 36.1 Å². The molecule has 0 bridgehead atoms. The summed E-state index contributed by atoms with van der Waals surface area (Å²) in [5.74, 6) is -2.08. The Labute approximate surface area is 227 Å². The lowest BCUT2D eigenvalue weighted by molar-refractivity contribution is -0.128. The molecule has 210 valence electrons. The second-order valence-electron chi connectivity index (χ2n) is 9.26. The summed E-state index contributed by atoms with van der Waals surface area (Å²) < 4.78 is 28.2. The number of hydrogen-bond acceptors (Lipinski definition) is 7. The molecule has 2 unspecified atom stereocenters. The number of piperidine rings is 1. The van der Waals surface area contributed by atoms with Crippen molar-refractivity contribution in [2.45, 2.75) is 43.3 Å². The van der Waals surface area contributed by atoms with E-state index >= 15 is 0 Å². The molecule has 10 N–H and O–H groups in total. The van der Waals surface area contributed by atoms with Crippen LogP contribution in [0.3, 0.4) is 0 Å². The molecular weight excluding hydrogens is 524 g/mol. The van der Waals surface area contributed by atoms with E-state index in [2.05, 4.69) is 15.4 Å². The number of likely N-dealkylation sites (tertiary alicyclic amines) is 1. The van der Waals surface area contributed by atoms with Crippen LogP contribution in [0.4, 0.5) is 0 Å². The van der Waals surface area contributed by atoms with Gasteiger partial charge in [0.05, 0.1) is 18.3 Å². The maximum atomic E-state index is 13.1. The molecule has 13 nitrogen and oxygen atoms in total. The minimum atomic E-state index is -3.94. The number of carbonyl (C=O) groups excluding carboxylic acids is 2.